The average molecular weight is 468 g/mol. The molecule has 4 rings (SSSR count). The number of methoxy groups -OCH3 is 1. The van der Waals surface area contributed by atoms with Gasteiger partial charge in [-0.15, -0.1) is 11.3 Å². The SMILES string of the molecule is COc1cc(C)c(/C(O)=C2\C(=O)C(=O)N(c3ccc(Cl)cc3)C2c2sccc2C)cc1C. The van der Waals surface area contributed by atoms with Gasteiger partial charge in [0, 0.05) is 21.2 Å². The Labute approximate surface area is 195 Å². The second-order valence-electron chi connectivity index (χ2n) is 7.75. The quantitative estimate of drug-likeness (QED) is 0.292. The first-order chi connectivity index (χ1) is 15.2. The molecule has 0 spiro atoms. The number of carbonyl (C=O) groups is 2. The molecule has 1 N–H and O–H groups in total. The fraction of sp³-hybridized carbons (Fsp3) is 0.200. The van der Waals surface area contributed by atoms with E-state index in [1.165, 1.54) is 16.2 Å². The number of aryl methyl sites for hydroxylation is 3. The Morgan fingerprint density at radius 3 is 2.31 bits per heavy atom. The average Bonchev–Trinajstić information content (AvgIpc) is 3.30. The van der Waals surface area contributed by atoms with Gasteiger partial charge in [-0.05, 0) is 85.3 Å². The summed E-state index contributed by atoms with van der Waals surface area (Å²) in [6.07, 6.45) is 0. The molecule has 1 atom stereocenters. The van der Waals surface area contributed by atoms with Crippen molar-refractivity contribution in [1.82, 2.24) is 0 Å². The summed E-state index contributed by atoms with van der Waals surface area (Å²) >= 11 is 7.48. The number of ether oxygens (including phenoxy) is 1. The third-order valence-corrected chi connectivity index (χ3v) is 7.02. The van der Waals surface area contributed by atoms with Crippen molar-refractivity contribution in [1.29, 1.82) is 0 Å². The molecule has 1 amide bonds. The lowest BCUT2D eigenvalue weighted by atomic mass is 9.95. The first kappa shape index (κ1) is 22.1. The predicted octanol–water partition coefficient (Wildman–Crippen LogP) is 5.96. The van der Waals surface area contributed by atoms with Gasteiger partial charge >= 0.3 is 0 Å². The first-order valence-corrected chi connectivity index (χ1v) is 11.3. The molecule has 1 aromatic heterocycles. The highest BCUT2D eigenvalue weighted by Crippen LogP contribution is 2.45. The van der Waals surface area contributed by atoms with Crippen molar-refractivity contribution in [3.63, 3.8) is 0 Å². The highest BCUT2D eigenvalue weighted by molar-refractivity contribution is 7.10. The zero-order valence-corrected chi connectivity index (χ0v) is 19.7. The topological polar surface area (TPSA) is 66.8 Å². The van der Waals surface area contributed by atoms with E-state index in [9.17, 15) is 14.7 Å². The van der Waals surface area contributed by atoms with Crippen LogP contribution in [0, 0.1) is 20.8 Å². The summed E-state index contributed by atoms with van der Waals surface area (Å²) in [5.41, 5.74) is 3.60. The van der Waals surface area contributed by atoms with Gasteiger partial charge in [0.15, 0.2) is 0 Å². The Bertz CT molecular complexity index is 1260. The molecule has 164 valence electrons. The number of carbonyl (C=O) groups excluding carboxylic acids is 2. The van der Waals surface area contributed by atoms with E-state index >= 15 is 0 Å². The second kappa shape index (κ2) is 8.45. The lowest BCUT2D eigenvalue weighted by Gasteiger charge is -2.25. The molecule has 5 nitrogen and oxygen atoms in total. The number of hydrogen-bond donors (Lipinski definition) is 1. The summed E-state index contributed by atoms with van der Waals surface area (Å²) in [6.45, 7) is 5.62. The number of benzene rings is 2. The zero-order valence-electron chi connectivity index (χ0n) is 18.1. The normalized spacial score (nSPS) is 17.8. The summed E-state index contributed by atoms with van der Waals surface area (Å²) in [4.78, 5) is 28.7. The van der Waals surface area contributed by atoms with Crippen LogP contribution in [0.1, 0.15) is 33.2 Å². The van der Waals surface area contributed by atoms with E-state index in [2.05, 4.69) is 0 Å². The van der Waals surface area contributed by atoms with Gasteiger partial charge in [0.05, 0.1) is 12.7 Å². The molecule has 1 aliphatic rings. The minimum absolute atomic E-state index is 0.0724. The molecule has 0 aliphatic carbocycles. The Kier molecular flexibility index (Phi) is 5.84. The van der Waals surface area contributed by atoms with Crippen LogP contribution in [0.3, 0.4) is 0 Å². The number of hydrogen-bond acceptors (Lipinski definition) is 5. The minimum Gasteiger partial charge on any atom is -0.507 e. The van der Waals surface area contributed by atoms with Crippen molar-refractivity contribution in [3.8, 4) is 5.75 Å². The van der Waals surface area contributed by atoms with E-state index in [0.717, 1.165) is 21.6 Å². The number of anilines is 1. The van der Waals surface area contributed by atoms with Crippen molar-refractivity contribution in [2.45, 2.75) is 26.8 Å². The van der Waals surface area contributed by atoms with Crippen LogP contribution in [0.5, 0.6) is 5.75 Å². The monoisotopic (exact) mass is 467 g/mol. The molecular weight excluding hydrogens is 446 g/mol. The highest BCUT2D eigenvalue weighted by atomic mass is 35.5. The van der Waals surface area contributed by atoms with Crippen LogP contribution in [-0.2, 0) is 9.59 Å². The fourth-order valence-corrected chi connectivity index (χ4v) is 5.17. The Hall–Kier alpha value is -3.09. The number of aliphatic hydroxyl groups is 1. The smallest absolute Gasteiger partial charge is 0.300 e. The van der Waals surface area contributed by atoms with Crippen LogP contribution in [0.25, 0.3) is 5.76 Å². The van der Waals surface area contributed by atoms with Crippen molar-refractivity contribution >= 4 is 46.1 Å². The van der Waals surface area contributed by atoms with E-state index in [-0.39, 0.29) is 11.3 Å². The molecule has 1 aliphatic heterocycles. The zero-order chi connectivity index (χ0) is 23.2. The minimum atomic E-state index is -0.738. The number of thiophene rings is 1. The van der Waals surface area contributed by atoms with Gasteiger partial charge in [-0.25, -0.2) is 0 Å². The number of Topliss-reactive ketones (excluding diaryl/α,β-unsaturated/α-hetero) is 1. The maximum absolute atomic E-state index is 13.3. The summed E-state index contributed by atoms with van der Waals surface area (Å²) < 4.78 is 5.37. The van der Waals surface area contributed by atoms with Gasteiger partial charge in [0.2, 0.25) is 0 Å². The Morgan fingerprint density at radius 2 is 1.72 bits per heavy atom. The third kappa shape index (κ3) is 3.59. The summed E-state index contributed by atoms with van der Waals surface area (Å²) in [5.74, 6) is -0.912. The van der Waals surface area contributed by atoms with E-state index < -0.39 is 17.7 Å². The molecule has 2 heterocycles. The number of aliphatic hydroxyl groups excluding tert-OH is 1. The molecular formula is C25H22ClNO4S. The van der Waals surface area contributed by atoms with Gasteiger partial charge in [-0.2, -0.15) is 0 Å². The number of nitrogens with zero attached hydrogens (tertiary/aromatic N) is 1. The molecule has 7 heteroatoms. The van der Waals surface area contributed by atoms with Gasteiger partial charge in [0.25, 0.3) is 11.7 Å². The molecule has 0 radical (unpaired) electrons. The van der Waals surface area contributed by atoms with Crippen LogP contribution in [0.4, 0.5) is 5.69 Å². The van der Waals surface area contributed by atoms with E-state index in [0.29, 0.717) is 22.0 Å². The maximum atomic E-state index is 13.3. The number of rotatable bonds is 4. The van der Waals surface area contributed by atoms with Crippen LogP contribution in [0.2, 0.25) is 5.02 Å². The molecule has 2 aromatic carbocycles. The van der Waals surface area contributed by atoms with Gasteiger partial charge in [0.1, 0.15) is 17.6 Å². The van der Waals surface area contributed by atoms with Crippen LogP contribution in [0.15, 0.2) is 53.4 Å². The standard InChI is InChI=1S/C25H22ClNO4S/c1-13-9-10-32-24(13)21-20(22(28)18-11-15(3)19(31-4)12-14(18)2)23(29)25(30)27(21)17-7-5-16(26)6-8-17/h5-12,21,28H,1-4H3/b22-20+. The van der Waals surface area contributed by atoms with Crippen LogP contribution < -0.4 is 9.64 Å². The lowest BCUT2D eigenvalue weighted by molar-refractivity contribution is -0.132. The second-order valence-corrected chi connectivity index (χ2v) is 9.13. The fourth-order valence-electron chi connectivity index (χ4n) is 4.02. The van der Waals surface area contributed by atoms with Crippen LogP contribution >= 0.6 is 22.9 Å². The van der Waals surface area contributed by atoms with E-state index in [4.69, 9.17) is 16.3 Å². The van der Waals surface area contributed by atoms with Crippen molar-refractivity contribution in [2.24, 2.45) is 0 Å². The van der Waals surface area contributed by atoms with Gasteiger partial charge in [-0.1, -0.05) is 11.6 Å². The molecule has 0 bridgehead atoms. The van der Waals surface area contributed by atoms with Gasteiger partial charge < -0.3 is 9.84 Å². The van der Waals surface area contributed by atoms with Gasteiger partial charge in [-0.3, -0.25) is 14.5 Å². The molecule has 0 saturated carbocycles. The van der Waals surface area contributed by atoms with Crippen molar-refractivity contribution < 1.29 is 19.4 Å². The van der Waals surface area contributed by atoms with Crippen LogP contribution in [-0.4, -0.2) is 23.9 Å². The number of amides is 1. The molecule has 1 unspecified atom stereocenters. The lowest BCUT2D eigenvalue weighted by Crippen LogP contribution is -2.29. The Balaban J connectivity index is 1.97. The predicted molar refractivity (Wildman–Crippen MR) is 128 cm³/mol. The summed E-state index contributed by atoms with van der Waals surface area (Å²) in [6, 6.07) is 11.5. The molecule has 32 heavy (non-hydrogen) atoms. The Morgan fingerprint density at radius 1 is 1.03 bits per heavy atom. The summed E-state index contributed by atoms with van der Waals surface area (Å²) in [5, 5.41) is 13.8. The number of halogens is 1. The summed E-state index contributed by atoms with van der Waals surface area (Å²) in [7, 11) is 1.58. The largest absolute Gasteiger partial charge is 0.507 e. The van der Waals surface area contributed by atoms with E-state index in [1.807, 2.05) is 38.3 Å². The van der Waals surface area contributed by atoms with Crippen molar-refractivity contribution in [3.05, 3.63) is 85.6 Å². The first-order valence-electron chi connectivity index (χ1n) is 10.0. The van der Waals surface area contributed by atoms with Crippen molar-refractivity contribution in [2.75, 3.05) is 12.0 Å². The third-order valence-electron chi connectivity index (χ3n) is 5.70. The molecule has 1 fully saturated rings. The highest BCUT2D eigenvalue weighted by Gasteiger charge is 2.48. The maximum Gasteiger partial charge on any atom is 0.300 e. The number of ketones is 1. The molecule has 1 saturated heterocycles. The van der Waals surface area contributed by atoms with E-state index in [1.54, 1.807) is 37.4 Å². The molecule has 3 aromatic rings.